The molecule has 0 unspecified atom stereocenters. The van der Waals surface area contributed by atoms with E-state index >= 15 is 0 Å². The van der Waals surface area contributed by atoms with Crippen molar-refractivity contribution in [3.05, 3.63) is 65.2 Å². The predicted molar refractivity (Wildman–Crippen MR) is 167 cm³/mol. The van der Waals surface area contributed by atoms with Gasteiger partial charge in [-0.15, -0.1) is 13.2 Å². The largest absolute Gasteiger partial charge is 0.523 e. The van der Waals surface area contributed by atoms with Gasteiger partial charge in [0.1, 0.15) is 6.61 Å². The Morgan fingerprint density at radius 3 is 2.31 bits per heavy atom. The zero-order chi connectivity index (χ0) is 33.2. The molecule has 1 fully saturated rings. The zero-order valence-electron chi connectivity index (χ0n) is 26.2. The molecule has 0 spiro atoms. The Morgan fingerprint density at radius 2 is 1.76 bits per heavy atom. The lowest BCUT2D eigenvalue weighted by Crippen LogP contribution is -2.41. The summed E-state index contributed by atoms with van der Waals surface area (Å²) in [6, 6.07) is 13.4. The van der Waals surface area contributed by atoms with Crippen molar-refractivity contribution in [3.63, 3.8) is 0 Å². The Kier molecular flexibility index (Phi) is 10.1. The number of ether oxygens (including phenoxy) is 2. The number of benzene rings is 2. The second-order valence-corrected chi connectivity index (χ2v) is 13.9. The Balaban J connectivity index is 0.000000448. The van der Waals surface area contributed by atoms with Crippen molar-refractivity contribution in [2.45, 2.75) is 83.2 Å². The van der Waals surface area contributed by atoms with Crippen molar-refractivity contribution < 1.29 is 37.3 Å². The monoisotopic (exact) mass is 650 g/mol. The summed E-state index contributed by atoms with van der Waals surface area (Å²) in [7, 11) is -2.34. The second-order valence-electron chi connectivity index (χ2n) is 12.2. The van der Waals surface area contributed by atoms with Crippen molar-refractivity contribution in [2.24, 2.45) is 5.92 Å². The molecule has 4 bridgehead atoms. The molecule has 45 heavy (non-hydrogen) atoms. The number of anilines is 1. The zero-order valence-corrected chi connectivity index (χ0v) is 27.1. The van der Waals surface area contributed by atoms with Crippen LogP contribution in [-0.2, 0) is 14.8 Å². The number of hydrogen-bond acceptors (Lipinski definition) is 7. The molecule has 1 aliphatic carbocycles. The molecule has 1 saturated carbocycles. The molecule has 246 valence electrons. The molecule has 2 aliphatic rings. The minimum absolute atomic E-state index is 0. The average Bonchev–Trinajstić information content (AvgIpc) is 2.92. The number of hydrogen-bond donors (Lipinski definition) is 1. The molecule has 1 atom stereocenters. The molecule has 1 N–H and O–H groups in total. The number of rotatable bonds is 4. The summed E-state index contributed by atoms with van der Waals surface area (Å²) in [5.74, 6) is 0.180. The summed E-state index contributed by atoms with van der Waals surface area (Å²) in [6.45, 7) is 9.81. The van der Waals surface area contributed by atoms with Gasteiger partial charge < -0.3 is 9.64 Å². The van der Waals surface area contributed by atoms with Crippen LogP contribution in [-0.4, -0.2) is 60.9 Å². The van der Waals surface area contributed by atoms with Crippen molar-refractivity contribution in [3.8, 4) is 17.1 Å². The van der Waals surface area contributed by atoms with Crippen LogP contribution in [0.3, 0.4) is 0 Å². The van der Waals surface area contributed by atoms with Gasteiger partial charge in [-0.25, -0.2) is 18.1 Å². The smallest absolute Gasteiger partial charge is 0.475 e. The minimum Gasteiger partial charge on any atom is -0.475 e. The maximum absolute atomic E-state index is 13.2. The van der Waals surface area contributed by atoms with E-state index in [1.54, 1.807) is 30.1 Å². The Hall–Kier alpha value is -3.71. The predicted octanol–water partition coefficient (Wildman–Crippen LogP) is 7.15. The first-order valence-corrected chi connectivity index (χ1v) is 16.2. The SMILES string of the molecule is CC1(OC(F)(F)F)CCC1.Cc1cccc(C)c1-c1cc2nc(n1)NS(=O)(=O)c1cccc(c1)C(=O)N(C)[C@H](CC(C)C)CO2.[HH]. The van der Waals surface area contributed by atoms with Crippen LogP contribution in [0.15, 0.2) is 53.4 Å². The van der Waals surface area contributed by atoms with E-state index < -0.39 is 22.0 Å². The maximum atomic E-state index is 13.2. The molecule has 1 aliphatic heterocycles. The topological polar surface area (TPSA) is 111 Å². The van der Waals surface area contributed by atoms with Gasteiger partial charge in [-0.05, 0) is 81.7 Å². The summed E-state index contributed by atoms with van der Waals surface area (Å²) in [4.78, 5) is 23.7. The Morgan fingerprint density at radius 1 is 1.11 bits per heavy atom. The van der Waals surface area contributed by atoms with E-state index in [0.29, 0.717) is 30.9 Å². The fourth-order valence-corrected chi connectivity index (χ4v) is 6.35. The van der Waals surface area contributed by atoms with E-state index in [-0.39, 0.29) is 42.3 Å². The van der Waals surface area contributed by atoms with Crippen LogP contribution in [0.2, 0.25) is 0 Å². The first kappa shape index (κ1) is 34.2. The van der Waals surface area contributed by atoms with Crippen molar-refractivity contribution in [1.29, 1.82) is 0 Å². The lowest BCUT2D eigenvalue weighted by atomic mass is 9.82. The second kappa shape index (κ2) is 13.3. The minimum atomic E-state index is -4.46. The van der Waals surface area contributed by atoms with E-state index in [2.05, 4.69) is 33.3 Å². The number of aryl methyl sites for hydroxylation is 2. The van der Waals surface area contributed by atoms with Crippen LogP contribution >= 0.6 is 0 Å². The number of fused-ring (bicyclic) bond motifs is 4. The maximum Gasteiger partial charge on any atom is 0.523 e. The average molecular weight is 651 g/mol. The lowest BCUT2D eigenvalue weighted by molar-refractivity contribution is -0.375. The molecule has 3 aromatic rings. The molecule has 1 amide bonds. The molecule has 1 aromatic heterocycles. The quantitative estimate of drug-likeness (QED) is 0.319. The van der Waals surface area contributed by atoms with Gasteiger partial charge in [0, 0.05) is 25.7 Å². The fourth-order valence-electron chi connectivity index (χ4n) is 5.36. The van der Waals surface area contributed by atoms with Gasteiger partial charge in [-0.1, -0.05) is 38.1 Å². The van der Waals surface area contributed by atoms with E-state index in [9.17, 15) is 26.4 Å². The summed E-state index contributed by atoms with van der Waals surface area (Å²) >= 11 is 0. The van der Waals surface area contributed by atoms with Crippen LogP contribution < -0.4 is 9.46 Å². The highest BCUT2D eigenvalue weighted by atomic mass is 32.2. The normalized spacial score (nSPS) is 19.0. The van der Waals surface area contributed by atoms with Gasteiger partial charge in [0.05, 0.1) is 22.2 Å². The number of halogens is 3. The number of sulfonamides is 1. The molecular weight excluding hydrogens is 609 g/mol. The lowest BCUT2D eigenvalue weighted by Gasteiger charge is -2.38. The van der Waals surface area contributed by atoms with Crippen LogP contribution in [0.1, 0.15) is 69.4 Å². The number of nitrogens with zero attached hydrogens (tertiary/aromatic N) is 3. The van der Waals surface area contributed by atoms with Gasteiger partial charge in [-0.2, -0.15) is 4.98 Å². The van der Waals surface area contributed by atoms with Gasteiger partial charge >= 0.3 is 6.36 Å². The highest BCUT2D eigenvalue weighted by Crippen LogP contribution is 2.39. The molecule has 13 heteroatoms. The number of likely N-dealkylation sites (N-methyl/N-ethyl adjacent to an activating group) is 1. The molecule has 2 aromatic carbocycles. The van der Waals surface area contributed by atoms with Crippen molar-refractivity contribution >= 4 is 21.9 Å². The summed E-state index contributed by atoms with van der Waals surface area (Å²) in [5, 5.41) is 0. The standard InChI is InChI=1S/C26H30N4O4S.C6H9F3O.H2/c1-16(2)12-20-15-34-23-14-22(24-17(3)8-6-9-18(24)4)27-26(28-23)29-35(32,33)21-11-7-10-19(13-21)25(31)30(20)5;1-5(3-2-4-5)10-6(7,8)9;/h6-11,13-14,16,20H,12,15H2,1-5H3,(H,27,28,29);2-4H2,1H3;1H/t20-;;/m1../s1. The third kappa shape index (κ3) is 8.72. The first-order chi connectivity index (χ1) is 21.0. The van der Waals surface area contributed by atoms with Crippen LogP contribution in [0.25, 0.3) is 11.3 Å². The highest BCUT2D eigenvalue weighted by Gasteiger charge is 2.44. The number of aromatic nitrogens is 2. The first-order valence-electron chi connectivity index (χ1n) is 14.7. The molecule has 0 saturated heterocycles. The Bertz CT molecular complexity index is 1630. The van der Waals surface area contributed by atoms with E-state index in [0.717, 1.165) is 23.1 Å². The summed E-state index contributed by atoms with van der Waals surface area (Å²) in [6.07, 6.45) is -1.87. The molecular formula is C32H41F3N4O5S. The van der Waals surface area contributed by atoms with Crippen LogP contribution in [0.5, 0.6) is 5.88 Å². The molecule has 2 heterocycles. The van der Waals surface area contributed by atoms with Gasteiger partial charge in [0.15, 0.2) is 0 Å². The number of amides is 1. The number of alkyl halides is 3. The molecule has 9 nitrogen and oxygen atoms in total. The fraction of sp³-hybridized carbons (Fsp3) is 0.469. The van der Waals surface area contributed by atoms with Crippen molar-refractivity contribution in [1.82, 2.24) is 14.9 Å². The molecule has 5 rings (SSSR count). The van der Waals surface area contributed by atoms with E-state index in [1.165, 1.54) is 19.1 Å². The number of carbonyl (C=O) groups excluding carboxylic acids is 1. The van der Waals surface area contributed by atoms with Crippen LogP contribution in [0, 0.1) is 19.8 Å². The van der Waals surface area contributed by atoms with E-state index in [1.807, 2.05) is 32.0 Å². The van der Waals surface area contributed by atoms with Gasteiger partial charge in [0.25, 0.3) is 15.9 Å². The Labute approximate surface area is 263 Å². The third-order valence-electron chi connectivity index (χ3n) is 7.87. The summed E-state index contributed by atoms with van der Waals surface area (Å²) < 4.78 is 73.5. The number of nitrogens with one attached hydrogen (secondary N) is 1. The van der Waals surface area contributed by atoms with E-state index in [4.69, 9.17) is 4.74 Å². The van der Waals surface area contributed by atoms with Gasteiger partial charge in [0.2, 0.25) is 11.8 Å². The van der Waals surface area contributed by atoms with Crippen molar-refractivity contribution in [2.75, 3.05) is 18.4 Å². The highest BCUT2D eigenvalue weighted by molar-refractivity contribution is 7.92. The molecule has 0 radical (unpaired) electrons. The summed E-state index contributed by atoms with van der Waals surface area (Å²) in [5.41, 5.74) is 2.80. The van der Waals surface area contributed by atoms with Gasteiger partial charge in [-0.3, -0.25) is 9.53 Å². The number of carbonyl (C=O) groups is 1. The van der Waals surface area contributed by atoms with Crippen LogP contribution in [0.4, 0.5) is 19.1 Å². The third-order valence-corrected chi connectivity index (χ3v) is 9.19.